The van der Waals surface area contributed by atoms with Crippen molar-refractivity contribution < 1.29 is 9.47 Å². The molecular weight excluding hydrogens is 266 g/mol. The van der Waals surface area contributed by atoms with Crippen LogP contribution in [0.15, 0.2) is 18.2 Å². The molecule has 0 saturated heterocycles. The molecule has 5 nitrogen and oxygen atoms in total. The van der Waals surface area contributed by atoms with Crippen molar-refractivity contribution >= 4 is 0 Å². The Morgan fingerprint density at radius 2 is 1.86 bits per heavy atom. The lowest BCUT2D eigenvalue weighted by Gasteiger charge is -2.09. The van der Waals surface area contributed by atoms with Crippen molar-refractivity contribution in [2.45, 2.75) is 33.6 Å². The van der Waals surface area contributed by atoms with E-state index in [0.717, 1.165) is 30.0 Å². The van der Waals surface area contributed by atoms with Crippen LogP contribution in [0.4, 0.5) is 0 Å². The van der Waals surface area contributed by atoms with Gasteiger partial charge in [-0.15, -0.1) is 0 Å². The number of ether oxygens (including phenoxy) is 2. The number of hydrogen-bond acceptors (Lipinski definition) is 5. The van der Waals surface area contributed by atoms with Crippen molar-refractivity contribution in [3.8, 4) is 23.1 Å². The summed E-state index contributed by atoms with van der Waals surface area (Å²) in [6.07, 6.45) is 1.90. The summed E-state index contributed by atoms with van der Waals surface area (Å²) in [4.78, 5) is 13.5. The summed E-state index contributed by atoms with van der Waals surface area (Å²) in [5.74, 6) is 1.91. The molecule has 0 N–H and O–H groups in total. The van der Waals surface area contributed by atoms with E-state index in [4.69, 9.17) is 9.47 Å². The molecule has 21 heavy (non-hydrogen) atoms. The van der Waals surface area contributed by atoms with Crippen LogP contribution in [0.1, 0.15) is 31.7 Å². The van der Waals surface area contributed by atoms with E-state index in [0.29, 0.717) is 24.0 Å². The summed E-state index contributed by atoms with van der Waals surface area (Å²) in [5.41, 5.74) is 2.54. The minimum absolute atomic E-state index is 0.560. The lowest BCUT2D eigenvalue weighted by atomic mass is 10.2. The maximum Gasteiger partial charge on any atom is 0.216 e. The van der Waals surface area contributed by atoms with Crippen molar-refractivity contribution in [1.82, 2.24) is 15.0 Å². The topological polar surface area (TPSA) is 57.1 Å². The molecule has 0 saturated carbocycles. The van der Waals surface area contributed by atoms with E-state index in [1.54, 1.807) is 7.11 Å². The lowest BCUT2D eigenvalue weighted by Crippen LogP contribution is -2.01. The first-order chi connectivity index (χ1) is 10.2. The first-order valence-electron chi connectivity index (χ1n) is 7.20. The highest BCUT2D eigenvalue weighted by Crippen LogP contribution is 2.23. The number of hydrogen-bond donors (Lipinski definition) is 0. The maximum absolute atomic E-state index is 5.56. The van der Waals surface area contributed by atoms with E-state index in [9.17, 15) is 0 Å². The van der Waals surface area contributed by atoms with E-state index in [1.807, 2.05) is 32.0 Å². The van der Waals surface area contributed by atoms with Crippen LogP contribution in [0.3, 0.4) is 0 Å². The van der Waals surface area contributed by atoms with Gasteiger partial charge in [-0.3, -0.25) is 0 Å². The minimum atomic E-state index is 0.560. The second-order valence-electron chi connectivity index (χ2n) is 4.74. The zero-order valence-electron chi connectivity index (χ0n) is 13.0. The van der Waals surface area contributed by atoms with Crippen molar-refractivity contribution in [3.05, 3.63) is 29.6 Å². The first-order valence-corrected chi connectivity index (χ1v) is 7.20. The van der Waals surface area contributed by atoms with Crippen LogP contribution in [0, 0.1) is 6.92 Å². The summed E-state index contributed by atoms with van der Waals surface area (Å²) < 4.78 is 10.8. The quantitative estimate of drug-likeness (QED) is 0.816. The van der Waals surface area contributed by atoms with Crippen LogP contribution in [-0.2, 0) is 6.42 Å². The number of nitrogens with zero attached hydrogens (tertiary/aromatic N) is 3. The Kier molecular flexibility index (Phi) is 5.09. The second kappa shape index (κ2) is 7.02. The van der Waals surface area contributed by atoms with E-state index >= 15 is 0 Å². The number of methoxy groups -OCH3 is 1. The maximum atomic E-state index is 5.56. The predicted octanol–water partition coefficient (Wildman–Crippen LogP) is 3.21. The molecule has 0 fully saturated rings. The minimum Gasteiger partial charge on any atom is -0.494 e. The molecule has 112 valence electrons. The number of aromatic nitrogens is 3. The van der Waals surface area contributed by atoms with Gasteiger partial charge in [0.1, 0.15) is 11.4 Å². The van der Waals surface area contributed by atoms with Crippen LogP contribution in [0.25, 0.3) is 11.5 Å². The number of pyridine rings is 1. The summed E-state index contributed by atoms with van der Waals surface area (Å²) >= 11 is 0. The fraction of sp³-hybridized carbons (Fsp3) is 0.438. The Bertz CT molecular complexity index is 614. The predicted molar refractivity (Wildman–Crippen MR) is 81.7 cm³/mol. The van der Waals surface area contributed by atoms with Gasteiger partial charge in [-0.2, -0.15) is 4.98 Å². The van der Waals surface area contributed by atoms with Gasteiger partial charge in [-0.25, -0.2) is 9.97 Å². The van der Waals surface area contributed by atoms with Gasteiger partial charge in [0.25, 0.3) is 0 Å². The Morgan fingerprint density at radius 1 is 1.05 bits per heavy atom. The van der Waals surface area contributed by atoms with Gasteiger partial charge in [0.15, 0.2) is 5.82 Å². The van der Waals surface area contributed by atoms with Gasteiger partial charge in [0.2, 0.25) is 5.88 Å². The van der Waals surface area contributed by atoms with Crippen LogP contribution in [0.2, 0.25) is 0 Å². The summed E-state index contributed by atoms with van der Waals surface area (Å²) in [6, 6.07) is 5.63. The van der Waals surface area contributed by atoms with Gasteiger partial charge in [0, 0.05) is 29.6 Å². The summed E-state index contributed by atoms with van der Waals surface area (Å²) in [7, 11) is 1.61. The standard InChI is InChI=1S/C16H21N3O2/c1-5-7-12-9-15(20-4)19-16(18-12)14-10-13(21-6-2)8-11(3)17-14/h8-10H,5-7H2,1-4H3. The lowest BCUT2D eigenvalue weighted by molar-refractivity contribution is 0.339. The molecule has 0 aliphatic rings. The highest BCUT2D eigenvalue weighted by molar-refractivity contribution is 5.53. The molecule has 2 heterocycles. The molecule has 0 aromatic carbocycles. The highest BCUT2D eigenvalue weighted by Gasteiger charge is 2.10. The molecule has 0 radical (unpaired) electrons. The Hall–Kier alpha value is -2.17. The smallest absolute Gasteiger partial charge is 0.216 e. The summed E-state index contributed by atoms with van der Waals surface area (Å²) in [6.45, 7) is 6.62. The molecule has 0 atom stereocenters. The van der Waals surface area contributed by atoms with Crippen molar-refractivity contribution in [3.63, 3.8) is 0 Å². The zero-order valence-corrected chi connectivity index (χ0v) is 13.0. The SMILES string of the molecule is CCCc1cc(OC)nc(-c2cc(OCC)cc(C)n2)n1. The second-order valence-corrected chi connectivity index (χ2v) is 4.74. The van der Waals surface area contributed by atoms with Crippen LogP contribution < -0.4 is 9.47 Å². The molecular formula is C16H21N3O2. The van der Waals surface area contributed by atoms with Gasteiger partial charge >= 0.3 is 0 Å². The van der Waals surface area contributed by atoms with E-state index in [-0.39, 0.29) is 0 Å². The average molecular weight is 287 g/mol. The first kappa shape index (κ1) is 15.2. The summed E-state index contributed by atoms with van der Waals surface area (Å²) in [5, 5.41) is 0. The monoisotopic (exact) mass is 287 g/mol. The molecule has 0 bridgehead atoms. The Morgan fingerprint density at radius 3 is 2.52 bits per heavy atom. The Balaban J connectivity index is 2.46. The van der Waals surface area contributed by atoms with Gasteiger partial charge in [-0.1, -0.05) is 13.3 Å². The van der Waals surface area contributed by atoms with Gasteiger partial charge < -0.3 is 9.47 Å². The largest absolute Gasteiger partial charge is 0.494 e. The normalized spacial score (nSPS) is 10.5. The molecule has 2 rings (SSSR count). The van der Waals surface area contributed by atoms with E-state index < -0.39 is 0 Å². The van der Waals surface area contributed by atoms with E-state index in [1.165, 1.54) is 0 Å². The third-order valence-electron chi connectivity index (χ3n) is 2.94. The molecule has 2 aromatic heterocycles. The molecule has 0 unspecified atom stereocenters. The molecule has 2 aromatic rings. The molecule has 0 spiro atoms. The fourth-order valence-electron chi connectivity index (χ4n) is 2.08. The van der Waals surface area contributed by atoms with E-state index in [2.05, 4.69) is 21.9 Å². The third kappa shape index (κ3) is 3.90. The van der Waals surface area contributed by atoms with Gasteiger partial charge in [0.05, 0.1) is 13.7 Å². The average Bonchev–Trinajstić information content (AvgIpc) is 2.47. The molecule has 0 aliphatic heterocycles. The molecule has 0 amide bonds. The van der Waals surface area contributed by atoms with Crippen LogP contribution in [0.5, 0.6) is 11.6 Å². The van der Waals surface area contributed by atoms with Crippen molar-refractivity contribution in [2.75, 3.05) is 13.7 Å². The zero-order chi connectivity index (χ0) is 15.2. The highest BCUT2D eigenvalue weighted by atomic mass is 16.5. The molecule has 0 aliphatic carbocycles. The van der Waals surface area contributed by atoms with Crippen molar-refractivity contribution in [2.24, 2.45) is 0 Å². The Labute approximate surface area is 125 Å². The fourth-order valence-corrected chi connectivity index (χ4v) is 2.08. The number of aryl methyl sites for hydroxylation is 2. The molecule has 5 heteroatoms. The van der Waals surface area contributed by atoms with Gasteiger partial charge in [-0.05, 0) is 20.3 Å². The number of rotatable bonds is 6. The van der Waals surface area contributed by atoms with Crippen LogP contribution >= 0.6 is 0 Å². The third-order valence-corrected chi connectivity index (χ3v) is 2.94. The van der Waals surface area contributed by atoms with Crippen LogP contribution in [-0.4, -0.2) is 28.7 Å². The van der Waals surface area contributed by atoms with Crippen molar-refractivity contribution in [1.29, 1.82) is 0 Å².